The van der Waals surface area contributed by atoms with Gasteiger partial charge in [-0.1, -0.05) is 6.92 Å². The smallest absolute Gasteiger partial charge is 0.329 e. The maximum absolute atomic E-state index is 11.2. The van der Waals surface area contributed by atoms with Gasteiger partial charge in [-0.05, 0) is 26.9 Å². The molecule has 0 saturated carbocycles. The molecule has 1 atom stereocenters. The van der Waals surface area contributed by atoms with Gasteiger partial charge in [0.1, 0.15) is 6.20 Å². The van der Waals surface area contributed by atoms with Crippen LogP contribution in [0.4, 0.5) is 17.5 Å². The molecule has 1 saturated heterocycles. The lowest BCUT2D eigenvalue weighted by Gasteiger charge is -2.21. The van der Waals surface area contributed by atoms with Crippen molar-refractivity contribution in [2.45, 2.75) is 25.8 Å². The SMILES string of the molecule is CCCNc1ncc([N+](=O)[O-])c(N2CCC(N(C)C)C2)n1. The second-order valence-electron chi connectivity index (χ2n) is 5.44. The first-order valence-corrected chi connectivity index (χ1v) is 7.19. The molecule has 21 heavy (non-hydrogen) atoms. The van der Waals surface area contributed by atoms with Gasteiger partial charge in [0, 0.05) is 25.7 Å². The van der Waals surface area contributed by atoms with Crippen LogP contribution in [0, 0.1) is 10.1 Å². The van der Waals surface area contributed by atoms with Crippen molar-refractivity contribution in [2.24, 2.45) is 0 Å². The summed E-state index contributed by atoms with van der Waals surface area (Å²) in [6.07, 6.45) is 3.22. The third-order valence-electron chi connectivity index (χ3n) is 3.67. The van der Waals surface area contributed by atoms with E-state index in [0.717, 1.165) is 32.5 Å². The van der Waals surface area contributed by atoms with Gasteiger partial charge in [-0.15, -0.1) is 0 Å². The molecule has 1 aromatic rings. The van der Waals surface area contributed by atoms with Crippen molar-refractivity contribution in [1.29, 1.82) is 0 Å². The predicted octanol–water partition coefficient (Wildman–Crippen LogP) is 1.35. The molecule has 0 radical (unpaired) electrons. The van der Waals surface area contributed by atoms with Crippen molar-refractivity contribution in [3.05, 3.63) is 16.3 Å². The molecule has 8 heteroatoms. The van der Waals surface area contributed by atoms with E-state index in [1.54, 1.807) is 0 Å². The Bertz CT molecular complexity index is 507. The third-order valence-corrected chi connectivity index (χ3v) is 3.67. The Morgan fingerprint density at radius 2 is 2.33 bits per heavy atom. The number of hydrogen-bond acceptors (Lipinski definition) is 7. The Labute approximate surface area is 124 Å². The number of nitrogens with zero attached hydrogens (tertiary/aromatic N) is 5. The van der Waals surface area contributed by atoms with Crippen LogP contribution in [0.1, 0.15) is 19.8 Å². The van der Waals surface area contributed by atoms with Crippen molar-refractivity contribution < 1.29 is 4.92 Å². The van der Waals surface area contributed by atoms with Gasteiger partial charge in [0.15, 0.2) is 0 Å². The van der Waals surface area contributed by atoms with Gasteiger partial charge < -0.3 is 15.1 Å². The molecule has 1 aliphatic rings. The predicted molar refractivity (Wildman–Crippen MR) is 81.8 cm³/mol. The zero-order valence-corrected chi connectivity index (χ0v) is 12.7. The Morgan fingerprint density at radius 3 is 2.90 bits per heavy atom. The fourth-order valence-electron chi connectivity index (χ4n) is 2.41. The van der Waals surface area contributed by atoms with Crippen LogP contribution >= 0.6 is 0 Å². The number of nitrogens with one attached hydrogen (secondary N) is 1. The minimum atomic E-state index is -0.415. The van der Waals surface area contributed by atoms with E-state index < -0.39 is 4.92 Å². The summed E-state index contributed by atoms with van der Waals surface area (Å²) in [6.45, 7) is 4.31. The molecule has 0 bridgehead atoms. The van der Waals surface area contributed by atoms with Crippen LogP contribution in [0.3, 0.4) is 0 Å². The molecule has 2 heterocycles. The van der Waals surface area contributed by atoms with Gasteiger partial charge in [-0.3, -0.25) is 10.1 Å². The minimum absolute atomic E-state index is 0.0311. The van der Waals surface area contributed by atoms with Crippen LogP contribution in [-0.2, 0) is 0 Å². The van der Waals surface area contributed by atoms with E-state index in [4.69, 9.17) is 0 Å². The summed E-state index contributed by atoms with van der Waals surface area (Å²) in [5.74, 6) is 0.865. The zero-order chi connectivity index (χ0) is 15.4. The lowest BCUT2D eigenvalue weighted by molar-refractivity contribution is -0.384. The maximum Gasteiger partial charge on any atom is 0.329 e. The molecule has 0 spiro atoms. The van der Waals surface area contributed by atoms with Gasteiger partial charge in [-0.2, -0.15) is 4.98 Å². The van der Waals surface area contributed by atoms with Crippen molar-refractivity contribution in [1.82, 2.24) is 14.9 Å². The molecule has 0 aromatic carbocycles. The van der Waals surface area contributed by atoms with Crippen LogP contribution in [0.5, 0.6) is 0 Å². The monoisotopic (exact) mass is 294 g/mol. The fraction of sp³-hybridized carbons (Fsp3) is 0.692. The van der Waals surface area contributed by atoms with Crippen LogP contribution in [0.25, 0.3) is 0 Å². The largest absolute Gasteiger partial charge is 0.354 e. The molecule has 116 valence electrons. The number of aromatic nitrogens is 2. The van der Waals surface area contributed by atoms with Crippen LogP contribution in [0.15, 0.2) is 6.20 Å². The molecule has 1 fully saturated rings. The van der Waals surface area contributed by atoms with E-state index in [-0.39, 0.29) is 5.69 Å². The topological polar surface area (TPSA) is 87.4 Å². The molecule has 2 rings (SSSR count). The van der Waals surface area contributed by atoms with Gasteiger partial charge in [0.2, 0.25) is 11.8 Å². The van der Waals surface area contributed by atoms with Crippen molar-refractivity contribution in [3.8, 4) is 0 Å². The molecule has 1 N–H and O–H groups in total. The molecular weight excluding hydrogens is 272 g/mol. The summed E-state index contributed by atoms with van der Waals surface area (Å²) in [5.41, 5.74) is -0.0311. The second-order valence-corrected chi connectivity index (χ2v) is 5.44. The number of anilines is 2. The average Bonchev–Trinajstić information content (AvgIpc) is 2.94. The van der Waals surface area contributed by atoms with E-state index in [1.807, 2.05) is 25.9 Å². The second kappa shape index (κ2) is 6.66. The molecule has 0 amide bonds. The van der Waals surface area contributed by atoms with Crippen molar-refractivity contribution in [2.75, 3.05) is 43.9 Å². The highest BCUT2D eigenvalue weighted by Gasteiger charge is 2.30. The Morgan fingerprint density at radius 1 is 1.57 bits per heavy atom. The summed E-state index contributed by atoms with van der Waals surface area (Å²) in [7, 11) is 4.05. The summed E-state index contributed by atoms with van der Waals surface area (Å²) in [5, 5.41) is 14.3. The molecule has 1 aliphatic heterocycles. The summed E-state index contributed by atoms with van der Waals surface area (Å²) in [4.78, 5) is 23.3. The van der Waals surface area contributed by atoms with E-state index in [1.165, 1.54) is 6.20 Å². The van der Waals surface area contributed by atoms with Crippen molar-refractivity contribution >= 4 is 17.5 Å². The molecule has 1 aromatic heterocycles. The molecular formula is C13H22N6O2. The summed E-state index contributed by atoms with van der Waals surface area (Å²) >= 11 is 0. The van der Waals surface area contributed by atoms with E-state index >= 15 is 0 Å². The molecule has 1 unspecified atom stereocenters. The Balaban J connectivity index is 2.24. The zero-order valence-electron chi connectivity index (χ0n) is 12.7. The lowest BCUT2D eigenvalue weighted by atomic mass is 10.2. The average molecular weight is 294 g/mol. The number of hydrogen-bond donors (Lipinski definition) is 1. The van der Waals surface area contributed by atoms with E-state index in [2.05, 4.69) is 20.2 Å². The quantitative estimate of drug-likeness (QED) is 0.626. The van der Waals surface area contributed by atoms with Crippen molar-refractivity contribution in [3.63, 3.8) is 0 Å². The normalized spacial score (nSPS) is 18.3. The first kappa shape index (κ1) is 15.4. The molecule has 0 aliphatic carbocycles. The number of rotatable bonds is 6. The van der Waals surface area contributed by atoms with E-state index in [9.17, 15) is 10.1 Å². The van der Waals surface area contributed by atoms with E-state index in [0.29, 0.717) is 17.8 Å². The Kier molecular flexibility index (Phi) is 4.89. The van der Waals surface area contributed by atoms with Gasteiger partial charge in [0.25, 0.3) is 0 Å². The standard InChI is InChI=1S/C13H22N6O2/c1-4-6-14-13-15-8-11(19(20)21)12(16-13)18-7-5-10(9-18)17(2)3/h8,10H,4-7,9H2,1-3H3,(H,14,15,16). The van der Waals surface area contributed by atoms with Gasteiger partial charge in [0.05, 0.1) is 4.92 Å². The first-order valence-electron chi connectivity index (χ1n) is 7.19. The molecule has 8 nitrogen and oxygen atoms in total. The van der Waals surface area contributed by atoms with Crippen LogP contribution in [-0.4, -0.2) is 59.6 Å². The lowest BCUT2D eigenvalue weighted by Crippen LogP contribution is -2.32. The summed E-state index contributed by atoms with van der Waals surface area (Å²) in [6, 6.07) is 0.395. The third kappa shape index (κ3) is 3.57. The first-order chi connectivity index (χ1) is 10.0. The van der Waals surface area contributed by atoms with Crippen LogP contribution in [0.2, 0.25) is 0 Å². The maximum atomic E-state index is 11.2. The summed E-state index contributed by atoms with van der Waals surface area (Å²) < 4.78 is 0. The van der Waals surface area contributed by atoms with Gasteiger partial charge >= 0.3 is 5.69 Å². The highest BCUT2D eigenvalue weighted by molar-refractivity contribution is 5.59. The highest BCUT2D eigenvalue weighted by Crippen LogP contribution is 2.29. The minimum Gasteiger partial charge on any atom is -0.354 e. The van der Waals surface area contributed by atoms with Gasteiger partial charge in [-0.25, -0.2) is 4.98 Å². The number of likely N-dealkylation sites (N-methyl/N-ethyl adjacent to an activating group) is 1. The highest BCUT2D eigenvalue weighted by atomic mass is 16.6. The number of nitro groups is 1. The fourth-order valence-corrected chi connectivity index (χ4v) is 2.41. The Hall–Kier alpha value is -1.96. The van der Waals surface area contributed by atoms with Crippen LogP contribution < -0.4 is 10.2 Å².